The topological polar surface area (TPSA) is 62.6 Å². The first-order valence-electron chi connectivity index (χ1n) is 5.43. The molecular formula is C12H10BF2NO3. The molecule has 19 heavy (non-hydrogen) atoms. The highest BCUT2D eigenvalue weighted by Gasteiger charge is 2.12. The van der Waals surface area contributed by atoms with Crippen molar-refractivity contribution < 1.29 is 23.6 Å². The van der Waals surface area contributed by atoms with Crippen LogP contribution in [-0.2, 0) is 6.61 Å². The van der Waals surface area contributed by atoms with E-state index >= 15 is 0 Å². The number of benzene rings is 1. The summed E-state index contributed by atoms with van der Waals surface area (Å²) in [6.45, 7) is -0.0542. The first kappa shape index (κ1) is 13.4. The Kier molecular flexibility index (Phi) is 4.08. The minimum atomic E-state index is -1.65. The number of hydrogen-bond acceptors (Lipinski definition) is 4. The second kappa shape index (κ2) is 5.77. The molecule has 4 nitrogen and oxygen atoms in total. The summed E-state index contributed by atoms with van der Waals surface area (Å²) in [7, 11) is -1.65. The largest absolute Gasteiger partial charge is 0.490 e. The van der Waals surface area contributed by atoms with Crippen molar-refractivity contribution in [1.82, 2.24) is 4.98 Å². The number of rotatable bonds is 4. The lowest BCUT2D eigenvalue weighted by molar-refractivity contribution is 0.303. The van der Waals surface area contributed by atoms with Gasteiger partial charge in [-0.1, -0.05) is 0 Å². The quantitative estimate of drug-likeness (QED) is 0.795. The highest BCUT2D eigenvalue weighted by atomic mass is 19.1. The summed E-state index contributed by atoms with van der Waals surface area (Å²) < 4.78 is 31.2. The number of ether oxygens (including phenoxy) is 1. The molecule has 0 aliphatic carbocycles. The van der Waals surface area contributed by atoms with Gasteiger partial charge in [0.1, 0.15) is 24.0 Å². The SMILES string of the molecule is OB(O)c1cncc(OCc2cc(F)cc(F)c2)c1. The van der Waals surface area contributed by atoms with Crippen LogP contribution in [0.4, 0.5) is 8.78 Å². The summed E-state index contributed by atoms with van der Waals surface area (Å²) in [4.78, 5) is 3.76. The Morgan fingerprint density at radius 3 is 2.37 bits per heavy atom. The molecule has 98 valence electrons. The fourth-order valence-electron chi connectivity index (χ4n) is 1.52. The first-order chi connectivity index (χ1) is 9.04. The average Bonchev–Trinajstić information content (AvgIpc) is 2.35. The third-order valence-corrected chi connectivity index (χ3v) is 2.36. The van der Waals surface area contributed by atoms with Crippen molar-refractivity contribution in [3.05, 3.63) is 53.9 Å². The van der Waals surface area contributed by atoms with Gasteiger partial charge < -0.3 is 14.8 Å². The van der Waals surface area contributed by atoms with Crippen LogP contribution in [0.3, 0.4) is 0 Å². The Labute approximate surface area is 108 Å². The molecule has 0 fully saturated rings. The second-order valence-corrected chi connectivity index (χ2v) is 3.89. The number of halogens is 2. The summed E-state index contributed by atoms with van der Waals surface area (Å²) in [6.07, 6.45) is 2.64. The van der Waals surface area contributed by atoms with Crippen LogP contribution in [0.1, 0.15) is 5.56 Å². The third-order valence-electron chi connectivity index (χ3n) is 2.36. The maximum atomic E-state index is 12.9. The minimum absolute atomic E-state index is 0.0542. The van der Waals surface area contributed by atoms with Gasteiger partial charge in [-0.15, -0.1) is 0 Å². The molecule has 2 rings (SSSR count). The summed E-state index contributed by atoms with van der Waals surface area (Å²) in [5.41, 5.74) is 0.496. The van der Waals surface area contributed by atoms with Crippen molar-refractivity contribution in [3.8, 4) is 5.75 Å². The maximum Gasteiger partial charge on any atom is 0.490 e. The summed E-state index contributed by atoms with van der Waals surface area (Å²) >= 11 is 0. The van der Waals surface area contributed by atoms with Gasteiger partial charge in [0.25, 0.3) is 0 Å². The molecule has 0 radical (unpaired) electrons. The summed E-state index contributed by atoms with van der Waals surface area (Å²) in [5.74, 6) is -1.09. The van der Waals surface area contributed by atoms with Crippen LogP contribution in [0.2, 0.25) is 0 Å². The molecule has 0 aliphatic heterocycles. The molecule has 1 heterocycles. The van der Waals surface area contributed by atoms with Crippen LogP contribution in [-0.4, -0.2) is 22.2 Å². The van der Waals surface area contributed by atoms with Crippen LogP contribution >= 0.6 is 0 Å². The van der Waals surface area contributed by atoms with E-state index in [2.05, 4.69) is 4.98 Å². The lowest BCUT2D eigenvalue weighted by atomic mass is 9.82. The lowest BCUT2D eigenvalue weighted by Crippen LogP contribution is -2.30. The Bertz CT molecular complexity index is 560. The van der Waals surface area contributed by atoms with E-state index in [0.29, 0.717) is 5.56 Å². The minimum Gasteiger partial charge on any atom is -0.487 e. The molecule has 0 saturated heterocycles. The zero-order valence-electron chi connectivity index (χ0n) is 9.75. The smallest absolute Gasteiger partial charge is 0.487 e. The summed E-state index contributed by atoms with van der Waals surface area (Å²) in [5, 5.41) is 17.9. The van der Waals surface area contributed by atoms with Crippen LogP contribution in [0.15, 0.2) is 36.7 Å². The van der Waals surface area contributed by atoms with Crippen LogP contribution in [0.5, 0.6) is 5.75 Å². The van der Waals surface area contributed by atoms with E-state index in [1.165, 1.54) is 18.5 Å². The second-order valence-electron chi connectivity index (χ2n) is 3.89. The molecule has 7 heteroatoms. The van der Waals surface area contributed by atoms with Gasteiger partial charge in [0.2, 0.25) is 0 Å². The molecule has 0 saturated carbocycles. The van der Waals surface area contributed by atoms with Crippen molar-refractivity contribution in [1.29, 1.82) is 0 Å². The van der Waals surface area contributed by atoms with Gasteiger partial charge in [0, 0.05) is 17.7 Å². The van der Waals surface area contributed by atoms with Crippen molar-refractivity contribution >= 4 is 12.6 Å². The van der Waals surface area contributed by atoms with E-state index in [4.69, 9.17) is 14.8 Å². The molecule has 1 aromatic heterocycles. The number of nitrogens with zero attached hydrogens (tertiary/aromatic N) is 1. The van der Waals surface area contributed by atoms with Crippen molar-refractivity contribution in [2.75, 3.05) is 0 Å². The Morgan fingerprint density at radius 1 is 1.05 bits per heavy atom. The molecule has 0 aliphatic rings. The molecule has 2 N–H and O–H groups in total. The van der Waals surface area contributed by atoms with E-state index in [1.54, 1.807) is 0 Å². The van der Waals surface area contributed by atoms with E-state index in [9.17, 15) is 8.78 Å². The van der Waals surface area contributed by atoms with Gasteiger partial charge in [-0.25, -0.2) is 8.78 Å². The lowest BCUT2D eigenvalue weighted by Gasteiger charge is -2.07. The van der Waals surface area contributed by atoms with Crippen molar-refractivity contribution in [3.63, 3.8) is 0 Å². The molecule has 2 aromatic rings. The molecule has 1 aromatic carbocycles. The Hall–Kier alpha value is -1.99. The maximum absolute atomic E-state index is 12.9. The summed E-state index contributed by atoms with van der Waals surface area (Å²) in [6, 6.07) is 4.46. The van der Waals surface area contributed by atoms with Gasteiger partial charge >= 0.3 is 7.12 Å². The number of aromatic nitrogens is 1. The highest BCUT2D eigenvalue weighted by molar-refractivity contribution is 6.58. The normalized spacial score (nSPS) is 10.3. The molecule has 0 unspecified atom stereocenters. The van der Waals surface area contributed by atoms with Gasteiger partial charge in [0.05, 0.1) is 6.20 Å². The molecule has 0 atom stereocenters. The number of hydrogen-bond donors (Lipinski definition) is 2. The van der Waals surface area contributed by atoms with E-state index < -0.39 is 18.8 Å². The van der Waals surface area contributed by atoms with Gasteiger partial charge in [-0.2, -0.15) is 0 Å². The fraction of sp³-hybridized carbons (Fsp3) is 0.0833. The van der Waals surface area contributed by atoms with Crippen molar-refractivity contribution in [2.45, 2.75) is 6.61 Å². The first-order valence-corrected chi connectivity index (χ1v) is 5.43. The Morgan fingerprint density at radius 2 is 1.74 bits per heavy atom. The molecule has 0 amide bonds. The standard InChI is InChI=1S/C12H10BF2NO3/c14-10-1-8(2-11(15)4-10)7-19-12-3-9(13(17)18)5-16-6-12/h1-6,17-18H,7H2. The molecule has 0 spiro atoms. The zero-order valence-corrected chi connectivity index (χ0v) is 9.75. The average molecular weight is 265 g/mol. The van der Waals surface area contributed by atoms with Gasteiger partial charge in [0.15, 0.2) is 0 Å². The van der Waals surface area contributed by atoms with Gasteiger partial charge in [-0.3, -0.25) is 4.98 Å². The Balaban J connectivity index is 2.07. The highest BCUT2D eigenvalue weighted by Crippen LogP contribution is 2.12. The van der Waals surface area contributed by atoms with Crippen LogP contribution in [0, 0.1) is 11.6 Å². The van der Waals surface area contributed by atoms with E-state index in [0.717, 1.165) is 18.2 Å². The predicted octanol–water partition coefficient (Wildman–Crippen LogP) is 0.619. The number of pyridine rings is 1. The van der Waals surface area contributed by atoms with E-state index in [1.807, 2.05) is 0 Å². The fourth-order valence-corrected chi connectivity index (χ4v) is 1.52. The van der Waals surface area contributed by atoms with Gasteiger partial charge in [-0.05, 0) is 23.8 Å². The van der Waals surface area contributed by atoms with E-state index in [-0.39, 0.29) is 17.8 Å². The van der Waals surface area contributed by atoms with Crippen LogP contribution < -0.4 is 10.2 Å². The zero-order chi connectivity index (χ0) is 13.8. The van der Waals surface area contributed by atoms with Crippen LogP contribution in [0.25, 0.3) is 0 Å². The molecule has 0 bridgehead atoms. The van der Waals surface area contributed by atoms with Crippen molar-refractivity contribution in [2.24, 2.45) is 0 Å². The molecular weight excluding hydrogens is 255 g/mol. The third kappa shape index (κ3) is 3.74. The monoisotopic (exact) mass is 265 g/mol. The predicted molar refractivity (Wildman–Crippen MR) is 64.8 cm³/mol.